The highest BCUT2D eigenvalue weighted by Gasteiger charge is 2.25. The van der Waals surface area contributed by atoms with Gasteiger partial charge in [-0.05, 0) is 25.7 Å². The molecule has 0 heterocycles. The van der Waals surface area contributed by atoms with Gasteiger partial charge in [0, 0.05) is 5.92 Å². The van der Waals surface area contributed by atoms with Crippen LogP contribution in [0.3, 0.4) is 0 Å². The summed E-state index contributed by atoms with van der Waals surface area (Å²) in [4.78, 5) is 0. The van der Waals surface area contributed by atoms with Gasteiger partial charge in [0.05, 0.1) is 6.61 Å². The Labute approximate surface area is 74.8 Å². The summed E-state index contributed by atoms with van der Waals surface area (Å²) in [5.74, 6) is 1.57. The van der Waals surface area contributed by atoms with E-state index in [0.29, 0.717) is 24.3 Å². The van der Waals surface area contributed by atoms with E-state index in [1.165, 1.54) is 19.3 Å². The number of hydrogen-bond acceptors (Lipinski definition) is 2. The van der Waals surface area contributed by atoms with Gasteiger partial charge in [-0.3, -0.25) is 5.41 Å². The molecule has 1 fully saturated rings. The Bertz CT molecular complexity index is 156. The predicted molar refractivity (Wildman–Crippen MR) is 50.5 cm³/mol. The predicted octanol–water partition coefficient (Wildman–Crippen LogP) is 2.83. The molecule has 0 saturated heterocycles. The Kier molecular flexibility index (Phi) is 3.57. The maximum absolute atomic E-state index is 7.69. The van der Waals surface area contributed by atoms with Crippen molar-refractivity contribution in [2.45, 2.75) is 39.5 Å². The van der Waals surface area contributed by atoms with E-state index in [9.17, 15) is 0 Å². The Morgan fingerprint density at radius 1 is 1.42 bits per heavy atom. The summed E-state index contributed by atoms with van der Waals surface area (Å²) >= 11 is 0. The molecule has 0 bridgehead atoms. The molecule has 70 valence electrons. The largest absolute Gasteiger partial charge is 0.481 e. The van der Waals surface area contributed by atoms with Crippen molar-refractivity contribution in [2.75, 3.05) is 6.61 Å². The van der Waals surface area contributed by atoms with Crippen molar-refractivity contribution < 1.29 is 4.74 Å². The van der Waals surface area contributed by atoms with Crippen LogP contribution in [0.1, 0.15) is 39.5 Å². The van der Waals surface area contributed by atoms with Crippen molar-refractivity contribution in [2.24, 2.45) is 11.8 Å². The lowest BCUT2D eigenvalue weighted by atomic mass is 9.80. The Hall–Kier alpha value is -0.530. The molecule has 0 spiro atoms. The molecule has 1 aliphatic carbocycles. The van der Waals surface area contributed by atoms with Crippen LogP contribution in [0, 0.1) is 17.2 Å². The van der Waals surface area contributed by atoms with E-state index < -0.39 is 0 Å². The average molecular weight is 169 g/mol. The third kappa shape index (κ3) is 2.23. The van der Waals surface area contributed by atoms with Crippen LogP contribution in [-0.4, -0.2) is 12.5 Å². The minimum atomic E-state index is 0.402. The highest BCUT2D eigenvalue weighted by atomic mass is 16.5. The first-order valence-corrected chi connectivity index (χ1v) is 4.97. The summed E-state index contributed by atoms with van der Waals surface area (Å²) in [7, 11) is 0. The first-order valence-electron chi connectivity index (χ1n) is 4.97. The molecule has 0 aromatic rings. The van der Waals surface area contributed by atoms with Crippen LogP contribution >= 0.6 is 0 Å². The molecule has 1 N–H and O–H groups in total. The van der Waals surface area contributed by atoms with Gasteiger partial charge in [-0.15, -0.1) is 0 Å². The normalized spacial score (nSPS) is 29.8. The van der Waals surface area contributed by atoms with E-state index in [1.807, 2.05) is 6.92 Å². The van der Waals surface area contributed by atoms with Gasteiger partial charge in [0.2, 0.25) is 0 Å². The fourth-order valence-corrected chi connectivity index (χ4v) is 1.97. The van der Waals surface area contributed by atoms with Crippen molar-refractivity contribution >= 4 is 5.90 Å². The van der Waals surface area contributed by atoms with Crippen LogP contribution in [0.5, 0.6) is 0 Å². The fraction of sp³-hybridized carbons (Fsp3) is 0.900. The number of hydrogen-bond donors (Lipinski definition) is 1. The topological polar surface area (TPSA) is 33.1 Å². The first kappa shape index (κ1) is 9.56. The van der Waals surface area contributed by atoms with Gasteiger partial charge in [0.1, 0.15) is 0 Å². The van der Waals surface area contributed by atoms with Gasteiger partial charge in [0.25, 0.3) is 0 Å². The lowest BCUT2D eigenvalue weighted by molar-refractivity contribution is 0.239. The summed E-state index contributed by atoms with van der Waals surface area (Å²) in [6.45, 7) is 4.82. The molecule has 0 aliphatic heterocycles. The molecule has 2 unspecified atom stereocenters. The molecule has 2 atom stereocenters. The Balaban J connectivity index is 2.42. The van der Waals surface area contributed by atoms with E-state index in [-0.39, 0.29) is 0 Å². The highest BCUT2D eigenvalue weighted by Crippen LogP contribution is 2.30. The van der Waals surface area contributed by atoms with Crippen molar-refractivity contribution in [1.29, 1.82) is 5.41 Å². The Morgan fingerprint density at radius 3 is 2.67 bits per heavy atom. The van der Waals surface area contributed by atoms with Crippen molar-refractivity contribution in [3.8, 4) is 0 Å². The van der Waals surface area contributed by atoms with Crippen molar-refractivity contribution in [3.63, 3.8) is 0 Å². The number of ether oxygens (including phenoxy) is 1. The third-order valence-corrected chi connectivity index (χ3v) is 2.75. The van der Waals surface area contributed by atoms with E-state index in [4.69, 9.17) is 10.1 Å². The second-order valence-corrected chi connectivity index (χ2v) is 3.67. The van der Waals surface area contributed by atoms with Crippen LogP contribution in [0.15, 0.2) is 0 Å². The van der Waals surface area contributed by atoms with Crippen LogP contribution < -0.4 is 0 Å². The zero-order valence-electron chi connectivity index (χ0n) is 8.10. The molecular formula is C10H19NO. The monoisotopic (exact) mass is 169 g/mol. The smallest absolute Gasteiger partial charge is 0.183 e. The van der Waals surface area contributed by atoms with Crippen LogP contribution in [0.4, 0.5) is 0 Å². The first-order chi connectivity index (χ1) is 5.75. The standard InChI is InChI=1S/C10H19NO/c1-3-12-10(11)9-7-5-4-6-8(9)2/h8-9,11H,3-7H2,1-2H3. The second-order valence-electron chi connectivity index (χ2n) is 3.67. The van der Waals surface area contributed by atoms with E-state index in [0.717, 1.165) is 6.42 Å². The van der Waals surface area contributed by atoms with Gasteiger partial charge in [-0.25, -0.2) is 0 Å². The zero-order valence-corrected chi connectivity index (χ0v) is 8.10. The Morgan fingerprint density at radius 2 is 2.08 bits per heavy atom. The highest BCUT2D eigenvalue weighted by molar-refractivity contribution is 5.75. The van der Waals surface area contributed by atoms with Gasteiger partial charge in [-0.2, -0.15) is 0 Å². The van der Waals surface area contributed by atoms with E-state index >= 15 is 0 Å². The van der Waals surface area contributed by atoms with Crippen LogP contribution in [-0.2, 0) is 4.74 Å². The number of nitrogens with one attached hydrogen (secondary N) is 1. The molecule has 0 aromatic heterocycles. The third-order valence-electron chi connectivity index (χ3n) is 2.75. The maximum atomic E-state index is 7.69. The molecule has 0 radical (unpaired) electrons. The second kappa shape index (κ2) is 4.48. The summed E-state index contributed by atoms with van der Waals surface area (Å²) in [5, 5.41) is 7.69. The molecule has 2 nitrogen and oxygen atoms in total. The van der Waals surface area contributed by atoms with Gasteiger partial charge < -0.3 is 4.74 Å². The molecule has 0 aromatic carbocycles. The van der Waals surface area contributed by atoms with Gasteiger partial charge in [0.15, 0.2) is 5.90 Å². The lowest BCUT2D eigenvalue weighted by Gasteiger charge is -2.28. The van der Waals surface area contributed by atoms with Crippen LogP contribution in [0.25, 0.3) is 0 Å². The average Bonchev–Trinajstić information content (AvgIpc) is 2.05. The lowest BCUT2D eigenvalue weighted by Crippen LogP contribution is -2.26. The van der Waals surface area contributed by atoms with Crippen molar-refractivity contribution in [1.82, 2.24) is 0 Å². The zero-order chi connectivity index (χ0) is 8.97. The van der Waals surface area contributed by atoms with E-state index in [1.54, 1.807) is 0 Å². The van der Waals surface area contributed by atoms with Crippen LogP contribution in [0.2, 0.25) is 0 Å². The summed E-state index contributed by atoms with van der Waals surface area (Å²) in [5.41, 5.74) is 0. The molecule has 12 heavy (non-hydrogen) atoms. The molecule has 2 heteroatoms. The number of rotatable bonds is 2. The summed E-state index contributed by atoms with van der Waals surface area (Å²) < 4.78 is 5.24. The quantitative estimate of drug-likeness (QED) is 0.500. The van der Waals surface area contributed by atoms with Gasteiger partial charge >= 0.3 is 0 Å². The summed E-state index contributed by atoms with van der Waals surface area (Å²) in [6, 6.07) is 0. The molecule has 1 saturated carbocycles. The van der Waals surface area contributed by atoms with E-state index in [2.05, 4.69) is 6.92 Å². The molecular weight excluding hydrogens is 150 g/mol. The minimum Gasteiger partial charge on any atom is -0.481 e. The maximum Gasteiger partial charge on any atom is 0.183 e. The fourth-order valence-electron chi connectivity index (χ4n) is 1.97. The molecule has 1 aliphatic rings. The molecule has 0 amide bonds. The summed E-state index contributed by atoms with van der Waals surface area (Å²) in [6.07, 6.45) is 5.02. The SMILES string of the molecule is CCOC(=N)C1CCCCC1C. The van der Waals surface area contributed by atoms with Gasteiger partial charge in [-0.1, -0.05) is 19.8 Å². The molecule has 1 rings (SSSR count). The van der Waals surface area contributed by atoms with Crippen molar-refractivity contribution in [3.05, 3.63) is 0 Å². The minimum absolute atomic E-state index is 0.402.